The molecule has 1 aromatic rings. The molecule has 0 N–H and O–H groups in total. The second-order valence-electron chi connectivity index (χ2n) is 5.41. The lowest BCUT2D eigenvalue weighted by molar-refractivity contribution is -0.394. The van der Waals surface area contributed by atoms with Crippen molar-refractivity contribution in [1.82, 2.24) is 0 Å². The highest BCUT2D eigenvalue weighted by atomic mass is 19.3. The summed E-state index contributed by atoms with van der Waals surface area (Å²) in [5.41, 5.74) is -1.74. The van der Waals surface area contributed by atoms with Gasteiger partial charge in [0.05, 0.1) is 15.9 Å². The van der Waals surface area contributed by atoms with E-state index in [1.165, 1.54) is 6.92 Å². The zero-order chi connectivity index (χ0) is 20.9. The average molecular weight is 398 g/mol. The Morgan fingerprint density at radius 2 is 1.81 bits per heavy atom. The largest absolute Gasteiger partial charge is 0.514 e. The van der Waals surface area contributed by atoms with E-state index in [0.29, 0.717) is 12.5 Å². The lowest BCUT2D eigenvalue weighted by atomic mass is 9.96. The second-order valence-corrected chi connectivity index (χ2v) is 5.41. The molecular formula is C14H14F4N2O7. The molecule has 150 valence electrons. The normalized spacial score (nSPS) is 12.6. The first kappa shape index (κ1) is 22.1. The Bertz CT molecular complexity index is 742. The van der Waals surface area contributed by atoms with Gasteiger partial charge in [-0.05, 0) is 12.3 Å². The quantitative estimate of drug-likeness (QED) is 0.209. The minimum Gasteiger partial charge on any atom is -0.427 e. The number of rotatable bonds is 8. The van der Waals surface area contributed by atoms with Crippen molar-refractivity contribution in [1.29, 1.82) is 0 Å². The third-order valence-electron chi connectivity index (χ3n) is 3.52. The maximum atomic E-state index is 12.8. The third kappa shape index (κ3) is 5.49. The van der Waals surface area contributed by atoms with Crippen LogP contribution in [0.2, 0.25) is 0 Å². The summed E-state index contributed by atoms with van der Waals surface area (Å²) in [6, 6.07) is 1.44. The van der Waals surface area contributed by atoms with Crippen molar-refractivity contribution in [3.05, 3.63) is 37.9 Å². The van der Waals surface area contributed by atoms with Crippen LogP contribution in [-0.4, -0.2) is 35.0 Å². The number of alkyl halides is 4. The number of nitrogens with zero attached hydrogens (tertiary/aromatic N) is 2. The van der Waals surface area contributed by atoms with Gasteiger partial charge in [0.1, 0.15) is 0 Å². The van der Waals surface area contributed by atoms with Crippen LogP contribution < -0.4 is 4.74 Å². The Morgan fingerprint density at radius 3 is 2.26 bits per heavy atom. The lowest BCUT2D eigenvalue weighted by Gasteiger charge is -2.17. The van der Waals surface area contributed by atoms with E-state index in [2.05, 4.69) is 9.47 Å². The SMILES string of the molecule is CCC(C)c1cc([N+](=O)[O-])cc([N+](=O)[O-])c1OC(=O)OCC(F)(F)C(F)F. The van der Waals surface area contributed by atoms with Crippen molar-refractivity contribution < 1.29 is 41.7 Å². The number of hydrogen-bond donors (Lipinski definition) is 0. The molecule has 0 aromatic heterocycles. The summed E-state index contributed by atoms with van der Waals surface area (Å²) >= 11 is 0. The Balaban J connectivity index is 3.26. The molecule has 0 aliphatic heterocycles. The summed E-state index contributed by atoms with van der Waals surface area (Å²) in [6.45, 7) is 1.15. The van der Waals surface area contributed by atoms with Crippen LogP contribution >= 0.6 is 0 Å². The molecule has 9 nitrogen and oxygen atoms in total. The molecular weight excluding hydrogens is 384 g/mol. The zero-order valence-corrected chi connectivity index (χ0v) is 14.0. The van der Waals surface area contributed by atoms with Crippen LogP contribution in [-0.2, 0) is 4.74 Å². The Morgan fingerprint density at radius 1 is 1.22 bits per heavy atom. The first-order chi connectivity index (χ1) is 12.4. The summed E-state index contributed by atoms with van der Waals surface area (Å²) in [5.74, 6) is -5.95. The van der Waals surface area contributed by atoms with Gasteiger partial charge in [-0.25, -0.2) is 13.6 Å². The van der Waals surface area contributed by atoms with Crippen LogP contribution in [0, 0.1) is 20.2 Å². The molecule has 0 saturated heterocycles. The van der Waals surface area contributed by atoms with Gasteiger partial charge in [-0.3, -0.25) is 20.2 Å². The Kier molecular flexibility index (Phi) is 7.02. The van der Waals surface area contributed by atoms with Crippen molar-refractivity contribution >= 4 is 17.5 Å². The van der Waals surface area contributed by atoms with E-state index in [9.17, 15) is 42.6 Å². The maximum Gasteiger partial charge on any atom is 0.514 e. The molecule has 0 saturated carbocycles. The maximum absolute atomic E-state index is 12.8. The predicted molar refractivity (Wildman–Crippen MR) is 81.4 cm³/mol. The molecule has 1 rings (SSSR count). The number of ether oxygens (including phenoxy) is 2. The average Bonchev–Trinajstić information content (AvgIpc) is 2.58. The van der Waals surface area contributed by atoms with Crippen molar-refractivity contribution in [2.24, 2.45) is 0 Å². The molecule has 0 aliphatic carbocycles. The van der Waals surface area contributed by atoms with E-state index >= 15 is 0 Å². The number of carbonyl (C=O) groups excluding carboxylic acids is 1. The van der Waals surface area contributed by atoms with Gasteiger partial charge in [-0.2, -0.15) is 8.78 Å². The fraction of sp³-hybridized carbons (Fsp3) is 0.500. The van der Waals surface area contributed by atoms with Crippen LogP contribution in [0.15, 0.2) is 12.1 Å². The lowest BCUT2D eigenvalue weighted by Crippen LogP contribution is -2.34. The molecule has 0 amide bonds. The van der Waals surface area contributed by atoms with Gasteiger partial charge in [-0.1, -0.05) is 13.8 Å². The fourth-order valence-electron chi connectivity index (χ4n) is 1.89. The van der Waals surface area contributed by atoms with Gasteiger partial charge in [-0.15, -0.1) is 0 Å². The molecule has 1 aromatic carbocycles. The van der Waals surface area contributed by atoms with E-state index in [1.807, 2.05) is 0 Å². The summed E-state index contributed by atoms with van der Waals surface area (Å²) < 4.78 is 58.2. The Hall–Kier alpha value is -2.99. The zero-order valence-electron chi connectivity index (χ0n) is 14.0. The minimum absolute atomic E-state index is 0.115. The van der Waals surface area contributed by atoms with Gasteiger partial charge in [0, 0.05) is 11.6 Å². The van der Waals surface area contributed by atoms with Crippen molar-refractivity contribution in [3.63, 3.8) is 0 Å². The first-order valence-electron chi connectivity index (χ1n) is 7.38. The van der Waals surface area contributed by atoms with E-state index < -0.39 is 58.0 Å². The van der Waals surface area contributed by atoms with E-state index in [1.54, 1.807) is 6.92 Å². The van der Waals surface area contributed by atoms with Gasteiger partial charge in [0.15, 0.2) is 6.61 Å². The number of hydrogen-bond acceptors (Lipinski definition) is 7. The number of carbonyl (C=O) groups is 1. The third-order valence-corrected chi connectivity index (χ3v) is 3.52. The highest BCUT2D eigenvalue weighted by Crippen LogP contribution is 2.40. The summed E-state index contributed by atoms with van der Waals surface area (Å²) in [5, 5.41) is 22.1. The highest BCUT2D eigenvalue weighted by Gasteiger charge is 2.42. The van der Waals surface area contributed by atoms with E-state index in [4.69, 9.17) is 0 Å². The van der Waals surface area contributed by atoms with Crippen LogP contribution in [0.25, 0.3) is 0 Å². The standard InChI is InChI=1S/C14H14F4N2O7/c1-3-7(2)9-4-8(19(22)23)5-10(20(24)25)11(9)27-13(21)26-6-14(17,18)12(15)16/h4-5,7,12H,3,6H2,1-2H3. The van der Waals surface area contributed by atoms with Gasteiger partial charge in [0.2, 0.25) is 5.75 Å². The number of nitro groups is 2. The topological polar surface area (TPSA) is 122 Å². The summed E-state index contributed by atoms with van der Waals surface area (Å²) in [6.07, 6.45) is -5.67. The fourth-order valence-corrected chi connectivity index (χ4v) is 1.89. The molecule has 0 spiro atoms. The molecule has 13 heteroatoms. The van der Waals surface area contributed by atoms with Gasteiger partial charge < -0.3 is 9.47 Å². The second kappa shape index (κ2) is 8.60. The summed E-state index contributed by atoms with van der Waals surface area (Å²) in [7, 11) is 0. The molecule has 0 fully saturated rings. The number of halogens is 4. The molecule has 0 aliphatic rings. The van der Waals surface area contributed by atoms with Gasteiger partial charge in [0.25, 0.3) is 5.69 Å². The first-order valence-corrected chi connectivity index (χ1v) is 7.38. The molecule has 27 heavy (non-hydrogen) atoms. The van der Waals surface area contributed by atoms with E-state index in [-0.39, 0.29) is 5.56 Å². The van der Waals surface area contributed by atoms with Gasteiger partial charge >= 0.3 is 24.2 Å². The smallest absolute Gasteiger partial charge is 0.427 e. The monoisotopic (exact) mass is 398 g/mol. The molecule has 1 atom stereocenters. The van der Waals surface area contributed by atoms with Crippen molar-refractivity contribution in [2.75, 3.05) is 6.61 Å². The molecule has 0 bridgehead atoms. The predicted octanol–water partition coefficient (Wildman–Crippen LogP) is 4.43. The molecule has 0 radical (unpaired) electrons. The van der Waals surface area contributed by atoms with E-state index in [0.717, 1.165) is 6.07 Å². The minimum atomic E-state index is -4.64. The van der Waals surface area contributed by atoms with Crippen LogP contribution in [0.1, 0.15) is 31.7 Å². The number of benzene rings is 1. The molecule has 0 heterocycles. The number of nitro benzene ring substituents is 2. The van der Waals surface area contributed by atoms with Crippen LogP contribution in [0.5, 0.6) is 5.75 Å². The highest BCUT2D eigenvalue weighted by molar-refractivity contribution is 5.70. The Labute approximate surface area is 149 Å². The van der Waals surface area contributed by atoms with Crippen LogP contribution in [0.4, 0.5) is 33.7 Å². The van der Waals surface area contributed by atoms with Crippen molar-refractivity contribution in [3.8, 4) is 5.75 Å². The number of non-ortho nitro benzene ring substituents is 1. The summed E-state index contributed by atoms with van der Waals surface area (Å²) in [4.78, 5) is 31.7. The molecule has 1 unspecified atom stereocenters. The van der Waals surface area contributed by atoms with Crippen molar-refractivity contribution in [2.45, 2.75) is 38.5 Å². The van der Waals surface area contributed by atoms with Crippen LogP contribution in [0.3, 0.4) is 0 Å².